The van der Waals surface area contributed by atoms with Gasteiger partial charge in [0, 0.05) is 6.04 Å². The van der Waals surface area contributed by atoms with Crippen LogP contribution in [-0.4, -0.2) is 15.8 Å². The SMILES string of the molecule is C[C@H]1CCc2c([nH]n(-c3ccccc3)c2=O)N1. The number of anilines is 1. The maximum absolute atomic E-state index is 12.2. The zero-order chi connectivity index (χ0) is 11.8. The molecule has 2 N–H and O–H groups in total. The molecule has 1 aromatic carbocycles. The molecule has 0 unspecified atom stereocenters. The van der Waals surface area contributed by atoms with Crippen molar-refractivity contribution in [3.8, 4) is 5.69 Å². The molecule has 2 aromatic rings. The molecule has 1 atom stereocenters. The molecule has 3 rings (SSSR count). The van der Waals surface area contributed by atoms with Crippen LogP contribution in [0.3, 0.4) is 0 Å². The first-order valence-corrected chi connectivity index (χ1v) is 5.91. The molecule has 0 aliphatic carbocycles. The quantitative estimate of drug-likeness (QED) is 0.784. The van der Waals surface area contributed by atoms with E-state index in [1.54, 1.807) is 4.68 Å². The third-order valence-electron chi connectivity index (χ3n) is 3.22. The van der Waals surface area contributed by atoms with Crippen molar-refractivity contribution in [2.24, 2.45) is 0 Å². The minimum Gasteiger partial charge on any atom is -0.368 e. The van der Waals surface area contributed by atoms with Gasteiger partial charge in [-0.2, -0.15) is 0 Å². The Hall–Kier alpha value is -1.97. The molecular weight excluding hydrogens is 214 g/mol. The molecular formula is C13H15N3O. The highest BCUT2D eigenvalue weighted by molar-refractivity contribution is 5.48. The average Bonchev–Trinajstić information content (AvgIpc) is 2.67. The van der Waals surface area contributed by atoms with Crippen molar-refractivity contribution in [1.29, 1.82) is 0 Å². The Kier molecular flexibility index (Phi) is 2.28. The van der Waals surface area contributed by atoms with Crippen molar-refractivity contribution in [3.05, 3.63) is 46.2 Å². The van der Waals surface area contributed by atoms with Gasteiger partial charge < -0.3 is 5.32 Å². The highest BCUT2D eigenvalue weighted by atomic mass is 16.1. The summed E-state index contributed by atoms with van der Waals surface area (Å²) < 4.78 is 1.61. The molecule has 88 valence electrons. The Morgan fingerprint density at radius 2 is 2.06 bits per heavy atom. The van der Waals surface area contributed by atoms with E-state index in [0.29, 0.717) is 6.04 Å². The molecule has 4 nitrogen and oxygen atoms in total. The van der Waals surface area contributed by atoms with Crippen LogP contribution >= 0.6 is 0 Å². The maximum atomic E-state index is 12.2. The summed E-state index contributed by atoms with van der Waals surface area (Å²) in [7, 11) is 0. The van der Waals surface area contributed by atoms with Crippen LogP contribution in [0.1, 0.15) is 18.9 Å². The Bertz CT molecular complexity index is 582. The zero-order valence-electron chi connectivity index (χ0n) is 9.73. The number of aromatic nitrogens is 2. The van der Waals surface area contributed by atoms with Gasteiger partial charge in [-0.15, -0.1) is 0 Å². The smallest absolute Gasteiger partial charge is 0.276 e. The van der Waals surface area contributed by atoms with Crippen molar-refractivity contribution in [2.75, 3.05) is 5.32 Å². The van der Waals surface area contributed by atoms with Gasteiger partial charge in [0.25, 0.3) is 5.56 Å². The van der Waals surface area contributed by atoms with E-state index in [-0.39, 0.29) is 5.56 Å². The molecule has 1 aliphatic rings. The van der Waals surface area contributed by atoms with Crippen LogP contribution in [0, 0.1) is 0 Å². The third-order valence-corrected chi connectivity index (χ3v) is 3.22. The summed E-state index contributed by atoms with van der Waals surface area (Å²) in [5, 5.41) is 6.46. The van der Waals surface area contributed by atoms with Gasteiger partial charge in [-0.3, -0.25) is 9.89 Å². The summed E-state index contributed by atoms with van der Waals surface area (Å²) in [5.74, 6) is 0.873. The average molecular weight is 229 g/mol. The van der Waals surface area contributed by atoms with Gasteiger partial charge in [-0.25, -0.2) is 4.68 Å². The van der Waals surface area contributed by atoms with Crippen LogP contribution in [0.5, 0.6) is 0 Å². The van der Waals surface area contributed by atoms with E-state index < -0.39 is 0 Å². The predicted octanol–water partition coefficient (Wildman–Crippen LogP) is 1.91. The maximum Gasteiger partial charge on any atom is 0.276 e. The highest BCUT2D eigenvalue weighted by Gasteiger charge is 2.21. The third kappa shape index (κ3) is 1.65. The minimum atomic E-state index is 0.0607. The molecule has 0 radical (unpaired) electrons. The van der Waals surface area contributed by atoms with Crippen LogP contribution in [-0.2, 0) is 6.42 Å². The van der Waals surface area contributed by atoms with Gasteiger partial charge in [0.05, 0.1) is 11.3 Å². The van der Waals surface area contributed by atoms with Crippen molar-refractivity contribution in [2.45, 2.75) is 25.8 Å². The molecule has 0 fully saturated rings. The largest absolute Gasteiger partial charge is 0.368 e. The minimum absolute atomic E-state index is 0.0607. The topological polar surface area (TPSA) is 49.8 Å². The summed E-state index contributed by atoms with van der Waals surface area (Å²) in [6.45, 7) is 2.13. The lowest BCUT2D eigenvalue weighted by Gasteiger charge is -2.19. The monoisotopic (exact) mass is 229 g/mol. The van der Waals surface area contributed by atoms with Crippen LogP contribution in [0.2, 0.25) is 0 Å². The van der Waals surface area contributed by atoms with Gasteiger partial charge in [0.2, 0.25) is 0 Å². The van der Waals surface area contributed by atoms with Crippen LogP contribution in [0.25, 0.3) is 5.69 Å². The van der Waals surface area contributed by atoms with E-state index in [2.05, 4.69) is 17.3 Å². The molecule has 1 aromatic heterocycles. The van der Waals surface area contributed by atoms with Crippen LogP contribution in [0.4, 0.5) is 5.82 Å². The number of hydrogen-bond donors (Lipinski definition) is 2. The first kappa shape index (κ1) is 10.2. The second-order valence-electron chi connectivity index (χ2n) is 4.53. The normalized spacial score (nSPS) is 18.5. The Morgan fingerprint density at radius 3 is 2.82 bits per heavy atom. The standard InChI is InChI=1S/C13H15N3O/c1-9-7-8-11-12(14-9)15-16(13(11)17)10-5-3-2-4-6-10/h2-6,9,14-15H,7-8H2,1H3/t9-/m0/s1. The van der Waals surface area contributed by atoms with E-state index in [1.165, 1.54) is 0 Å². The lowest BCUT2D eigenvalue weighted by Crippen LogP contribution is -2.24. The summed E-state index contributed by atoms with van der Waals surface area (Å²) >= 11 is 0. The molecule has 1 aliphatic heterocycles. The van der Waals surface area contributed by atoms with Crippen molar-refractivity contribution >= 4 is 5.82 Å². The van der Waals surface area contributed by atoms with E-state index in [9.17, 15) is 4.79 Å². The molecule has 0 spiro atoms. The van der Waals surface area contributed by atoms with Crippen LogP contribution in [0.15, 0.2) is 35.1 Å². The summed E-state index contributed by atoms with van der Waals surface area (Å²) in [6, 6.07) is 10.1. The number of hydrogen-bond acceptors (Lipinski definition) is 2. The molecule has 2 heterocycles. The van der Waals surface area contributed by atoms with Crippen molar-refractivity contribution in [1.82, 2.24) is 9.78 Å². The van der Waals surface area contributed by atoms with Crippen molar-refractivity contribution < 1.29 is 0 Å². The van der Waals surface area contributed by atoms with Gasteiger partial charge in [0.15, 0.2) is 0 Å². The predicted molar refractivity (Wildman–Crippen MR) is 67.8 cm³/mol. The molecule has 0 saturated carbocycles. The first-order valence-electron chi connectivity index (χ1n) is 5.91. The Morgan fingerprint density at radius 1 is 1.29 bits per heavy atom. The number of fused-ring (bicyclic) bond motifs is 1. The lowest BCUT2D eigenvalue weighted by atomic mass is 10.0. The summed E-state index contributed by atoms with van der Waals surface area (Å²) in [6.07, 6.45) is 1.85. The molecule has 4 heteroatoms. The number of nitrogens with one attached hydrogen (secondary N) is 2. The Labute approximate surface area is 99.3 Å². The summed E-state index contributed by atoms with van der Waals surface area (Å²) in [5.41, 5.74) is 1.80. The molecule has 0 saturated heterocycles. The van der Waals surface area contributed by atoms with E-state index in [0.717, 1.165) is 29.9 Å². The fourth-order valence-electron chi connectivity index (χ4n) is 2.26. The lowest BCUT2D eigenvalue weighted by molar-refractivity contribution is 0.677. The summed E-state index contributed by atoms with van der Waals surface area (Å²) in [4.78, 5) is 12.2. The number of para-hydroxylation sites is 1. The van der Waals surface area contributed by atoms with Gasteiger partial charge in [-0.05, 0) is 31.9 Å². The fourth-order valence-corrected chi connectivity index (χ4v) is 2.26. The van der Waals surface area contributed by atoms with E-state index in [1.807, 2.05) is 30.3 Å². The van der Waals surface area contributed by atoms with E-state index >= 15 is 0 Å². The molecule has 0 amide bonds. The van der Waals surface area contributed by atoms with Crippen molar-refractivity contribution in [3.63, 3.8) is 0 Å². The zero-order valence-corrected chi connectivity index (χ0v) is 9.73. The number of rotatable bonds is 1. The Balaban J connectivity index is 2.12. The molecule has 0 bridgehead atoms. The van der Waals surface area contributed by atoms with E-state index in [4.69, 9.17) is 0 Å². The van der Waals surface area contributed by atoms with Gasteiger partial charge in [-0.1, -0.05) is 18.2 Å². The van der Waals surface area contributed by atoms with Gasteiger partial charge in [0.1, 0.15) is 5.82 Å². The molecule has 17 heavy (non-hydrogen) atoms. The van der Waals surface area contributed by atoms with Gasteiger partial charge >= 0.3 is 0 Å². The first-order chi connectivity index (χ1) is 8.25. The fraction of sp³-hybridized carbons (Fsp3) is 0.308. The van der Waals surface area contributed by atoms with Crippen LogP contribution < -0.4 is 10.9 Å². The number of benzene rings is 1. The second kappa shape index (κ2) is 3.80. The number of H-pyrrole nitrogens is 1. The second-order valence-corrected chi connectivity index (χ2v) is 4.53. The number of nitrogens with zero attached hydrogens (tertiary/aromatic N) is 1. The highest BCUT2D eigenvalue weighted by Crippen LogP contribution is 2.20. The number of aromatic amines is 1.